The summed E-state index contributed by atoms with van der Waals surface area (Å²) in [5.74, 6) is 2.56. The van der Waals surface area contributed by atoms with Crippen molar-refractivity contribution in [2.45, 2.75) is 33.1 Å². The van der Waals surface area contributed by atoms with Gasteiger partial charge in [0.05, 0.1) is 4.88 Å². The van der Waals surface area contributed by atoms with Gasteiger partial charge in [0.15, 0.2) is 5.96 Å². The molecule has 1 fully saturated rings. The Morgan fingerprint density at radius 1 is 1.42 bits per heavy atom. The standard InChI is InChI=1S/C18H30N4OS/c1-14(2)12-15-7-10-22(13-15)18(19-3)21-9-5-8-20-17(23)16-6-4-11-24-16/h4,6,11,14-15H,5,7-10,12-13H2,1-3H3,(H,19,21)(H,20,23). The van der Waals surface area contributed by atoms with E-state index in [0.29, 0.717) is 6.54 Å². The van der Waals surface area contributed by atoms with Crippen LogP contribution in [-0.4, -0.2) is 50.0 Å². The highest BCUT2D eigenvalue weighted by atomic mass is 32.1. The number of likely N-dealkylation sites (tertiary alicyclic amines) is 1. The van der Waals surface area contributed by atoms with Crippen LogP contribution in [0.5, 0.6) is 0 Å². The molecule has 2 N–H and O–H groups in total. The predicted molar refractivity (Wildman–Crippen MR) is 102 cm³/mol. The van der Waals surface area contributed by atoms with Gasteiger partial charge in [0.25, 0.3) is 5.91 Å². The Morgan fingerprint density at radius 2 is 2.21 bits per heavy atom. The number of carbonyl (C=O) groups excluding carboxylic acids is 1. The number of guanidine groups is 1. The molecule has 24 heavy (non-hydrogen) atoms. The molecule has 1 aromatic rings. The van der Waals surface area contributed by atoms with Gasteiger partial charge in [0.1, 0.15) is 0 Å². The first-order chi connectivity index (χ1) is 11.6. The first kappa shape index (κ1) is 18.8. The second-order valence-corrected chi connectivity index (χ2v) is 7.74. The van der Waals surface area contributed by atoms with Crippen LogP contribution in [0.1, 0.15) is 42.8 Å². The third-order valence-electron chi connectivity index (χ3n) is 4.27. The molecule has 2 heterocycles. The maximum Gasteiger partial charge on any atom is 0.261 e. The van der Waals surface area contributed by atoms with Crippen LogP contribution < -0.4 is 10.6 Å². The zero-order valence-corrected chi connectivity index (χ0v) is 15.9. The van der Waals surface area contributed by atoms with E-state index >= 15 is 0 Å². The van der Waals surface area contributed by atoms with Crippen LogP contribution in [0.4, 0.5) is 0 Å². The molecule has 1 amide bonds. The maximum absolute atomic E-state index is 11.8. The number of thiophene rings is 1. The van der Waals surface area contributed by atoms with E-state index in [1.807, 2.05) is 24.6 Å². The first-order valence-electron chi connectivity index (χ1n) is 8.87. The number of rotatable bonds is 7. The molecule has 0 saturated carbocycles. The van der Waals surface area contributed by atoms with Crippen molar-refractivity contribution >= 4 is 23.2 Å². The van der Waals surface area contributed by atoms with Gasteiger partial charge in [-0.1, -0.05) is 19.9 Å². The third-order valence-corrected chi connectivity index (χ3v) is 5.14. The van der Waals surface area contributed by atoms with E-state index in [1.54, 1.807) is 0 Å². The Kier molecular flexibility index (Phi) is 7.56. The van der Waals surface area contributed by atoms with Crippen LogP contribution in [0.3, 0.4) is 0 Å². The van der Waals surface area contributed by atoms with Gasteiger partial charge in [-0.3, -0.25) is 9.79 Å². The van der Waals surface area contributed by atoms with E-state index in [0.717, 1.165) is 48.7 Å². The molecule has 2 rings (SSSR count). The van der Waals surface area contributed by atoms with E-state index in [2.05, 4.69) is 34.4 Å². The normalized spacial score (nSPS) is 18.2. The summed E-state index contributed by atoms with van der Waals surface area (Å²) in [5, 5.41) is 8.29. The molecule has 0 spiro atoms. The second kappa shape index (κ2) is 9.67. The van der Waals surface area contributed by atoms with Crippen molar-refractivity contribution in [3.63, 3.8) is 0 Å². The quantitative estimate of drug-likeness (QED) is 0.452. The van der Waals surface area contributed by atoms with Gasteiger partial charge >= 0.3 is 0 Å². The molecule has 1 aliphatic rings. The molecule has 0 aliphatic carbocycles. The minimum Gasteiger partial charge on any atom is -0.356 e. The summed E-state index contributed by atoms with van der Waals surface area (Å²) in [4.78, 5) is 19.4. The Balaban J connectivity index is 1.63. The average molecular weight is 351 g/mol. The second-order valence-electron chi connectivity index (χ2n) is 6.79. The first-order valence-corrected chi connectivity index (χ1v) is 9.75. The van der Waals surface area contributed by atoms with E-state index in [-0.39, 0.29) is 5.91 Å². The van der Waals surface area contributed by atoms with Crippen molar-refractivity contribution in [2.24, 2.45) is 16.8 Å². The van der Waals surface area contributed by atoms with E-state index < -0.39 is 0 Å². The van der Waals surface area contributed by atoms with E-state index in [1.165, 1.54) is 24.2 Å². The molecule has 5 nitrogen and oxygen atoms in total. The fourth-order valence-corrected chi connectivity index (χ4v) is 3.84. The molecule has 6 heteroatoms. The fourth-order valence-electron chi connectivity index (χ4n) is 3.20. The number of amides is 1. The number of nitrogens with zero attached hydrogens (tertiary/aromatic N) is 2. The summed E-state index contributed by atoms with van der Waals surface area (Å²) in [7, 11) is 1.84. The number of hydrogen-bond donors (Lipinski definition) is 2. The summed E-state index contributed by atoms with van der Waals surface area (Å²) in [5.41, 5.74) is 0. The van der Waals surface area contributed by atoms with Crippen LogP contribution in [0.2, 0.25) is 0 Å². The SMILES string of the molecule is CN=C(NCCCNC(=O)c1cccs1)N1CCC(CC(C)C)C1. The lowest BCUT2D eigenvalue weighted by Gasteiger charge is -2.22. The highest BCUT2D eigenvalue weighted by Crippen LogP contribution is 2.23. The van der Waals surface area contributed by atoms with Gasteiger partial charge in [-0.25, -0.2) is 0 Å². The van der Waals surface area contributed by atoms with Crippen LogP contribution in [0.15, 0.2) is 22.5 Å². The summed E-state index contributed by atoms with van der Waals surface area (Å²) in [6, 6.07) is 3.74. The fraction of sp³-hybridized carbons (Fsp3) is 0.667. The van der Waals surface area contributed by atoms with E-state index in [4.69, 9.17) is 0 Å². The molecular weight excluding hydrogens is 320 g/mol. The topological polar surface area (TPSA) is 56.7 Å². The summed E-state index contributed by atoms with van der Waals surface area (Å²) >= 11 is 1.47. The molecule has 0 bridgehead atoms. The molecule has 0 aromatic carbocycles. The number of nitrogens with one attached hydrogen (secondary N) is 2. The maximum atomic E-state index is 11.8. The molecular formula is C18H30N4OS. The van der Waals surface area contributed by atoms with Gasteiger partial charge in [-0.05, 0) is 42.5 Å². The number of aliphatic imine (C=N–C) groups is 1. The Morgan fingerprint density at radius 3 is 2.88 bits per heavy atom. The van der Waals surface area contributed by atoms with Crippen LogP contribution in [0.25, 0.3) is 0 Å². The van der Waals surface area contributed by atoms with Crippen LogP contribution in [-0.2, 0) is 0 Å². The minimum absolute atomic E-state index is 0.0189. The minimum atomic E-state index is 0.0189. The highest BCUT2D eigenvalue weighted by molar-refractivity contribution is 7.12. The van der Waals surface area contributed by atoms with Crippen LogP contribution >= 0.6 is 11.3 Å². The number of hydrogen-bond acceptors (Lipinski definition) is 3. The summed E-state index contributed by atoms with van der Waals surface area (Å²) < 4.78 is 0. The van der Waals surface area contributed by atoms with Gasteiger partial charge in [0, 0.05) is 33.2 Å². The number of carbonyl (C=O) groups is 1. The largest absolute Gasteiger partial charge is 0.356 e. The zero-order chi connectivity index (χ0) is 17.4. The molecule has 1 saturated heterocycles. The molecule has 1 unspecified atom stereocenters. The van der Waals surface area contributed by atoms with Crippen molar-refractivity contribution in [1.29, 1.82) is 0 Å². The molecule has 134 valence electrons. The molecule has 1 atom stereocenters. The predicted octanol–water partition coefficient (Wildman–Crippen LogP) is 2.81. The van der Waals surface area contributed by atoms with Crippen molar-refractivity contribution < 1.29 is 4.79 Å². The average Bonchev–Trinajstić information content (AvgIpc) is 3.22. The highest BCUT2D eigenvalue weighted by Gasteiger charge is 2.25. The van der Waals surface area contributed by atoms with Crippen LogP contribution in [0, 0.1) is 11.8 Å². The molecule has 1 aromatic heterocycles. The Bertz CT molecular complexity index is 527. The van der Waals surface area contributed by atoms with Gasteiger partial charge in [-0.15, -0.1) is 11.3 Å². The Hall–Kier alpha value is -1.56. The van der Waals surface area contributed by atoms with Crippen molar-refractivity contribution in [3.8, 4) is 0 Å². The van der Waals surface area contributed by atoms with Gasteiger partial charge in [-0.2, -0.15) is 0 Å². The monoisotopic (exact) mass is 350 g/mol. The van der Waals surface area contributed by atoms with E-state index in [9.17, 15) is 4.79 Å². The Labute approximate surface area is 149 Å². The van der Waals surface area contributed by atoms with Gasteiger partial charge < -0.3 is 15.5 Å². The summed E-state index contributed by atoms with van der Waals surface area (Å²) in [6.07, 6.45) is 3.44. The van der Waals surface area contributed by atoms with Crippen molar-refractivity contribution in [1.82, 2.24) is 15.5 Å². The molecule has 1 aliphatic heterocycles. The van der Waals surface area contributed by atoms with Crippen molar-refractivity contribution in [3.05, 3.63) is 22.4 Å². The lowest BCUT2D eigenvalue weighted by Crippen LogP contribution is -2.41. The van der Waals surface area contributed by atoms with Gasteiger partial charge in [0.2, 0.25) is 0 Å². The third kappa shape index (κ3) is 5.82. The van der Waals surface area contributed by atoms with Crippen molar-refractivity contribution in [2.75, 3.05) is 33.2 Å². The smallest absolute Gasteiger partial charge is 0.261 e. The zero-order valence-electron chi connectivity index (χ0n) is 15.0. The summed E-state index contributed by atoms with van der Waals surface area (Å²) in [6.45, 7) is 8.28. The lowest BCUT2D eigenvalue weighted by molar-refractivity contribution is 0.0957. The lowest BCUT2D eigenvalue weighted by atomic mass is 9.97. The molecule has 0 radical (unpaired) electrons.